The normalized spacial score (nSPS) is 22.4. The Morgan fingerprint density at radius 2 is 1.77 bits per heavy atom. The van der Waals surface area contributed by atoms with Gasteiger partial charge in [0.05, 0.1) is 59.0 Å². The number of ketones is 2. The fourth-order valence-electron chi connectivity index (χ4n) is 9.87. The lowest BCUT2D eigenvalue weighted by atomic mass is 9.71. The second-order valence-corrected chi connectivity index (χ2v) is 18.2. The first-order chi connectivity index (χ1) is 33.3. The number of aromatic nitrogens is 4. The van der Waals surface area contributed by atoms with Gasteiger partial charge in [-0.2, -0.15) is 5.10 Å². The van der Waals surface area contributed by atoms with Gasteiger partial charge in [-0.25, -0.2) is 19.9 Å². The highest BCUT2D eigenvalue weighted by atomic mass is 16.7. The minimum Gasteiger partial charge on any atom is -0.508 e. The van der Waals surface area contributed by atoms with Crippen LogP contribution in [0.25, 0.3) is 28.0 Å². The summed E-state index contributed by atoms with van der Waals surface area (Å²) in [5.41, 5.74) is 8.81. The summed E-state index contributed by atoms with van der Waals surface area (Å²) in [7, 11) is 1.31. The topological polar surface area (TPSA) is 323 Å². The summed E-state index contributed by atoms with van der Waals surface area (Å²) < 4.78 is 20.6. The summed E-state index contributed by atoms with van der Waals surface area (Å²) in [6.07, 6.45) is -3.57. The molecule has 3 heterocycles. The van der Waals surface area contributed by atoms with Gasteiger partial charge in [-0.05, 0) is 54.8 Å². The molecule has 1 aliphatic heterocycles. The van der Waals surface area contributed by atoms with Crippen LogP contribution in [0.3, 0.4) is 0 Å². The fraction of sp³-hybridized carbons (Fsp3) is 0.347. The molecule has 1 fully saturated rings. The van der Waals surface area contributed by atoms with E-state index in [1.165, 1.54) is 35.9 Å². The molecule has 1 amide bonds. The van der Waals surface area contributed by atoms with E-state index in [2.05, 4.69) is 21.0 Å². The zero-order chi connectivity index (χ0) is 50.1. The zero-order valence-electron chi connectivity index (χ0n) is 38.3. The molecular weight excluding hydrogens is 911 g/mol. The van der Waals surface area contributed by atoms with E-state index in [1.807, 2.05) is 13.8 Å². The number of aromatic hydroxyl groups is 4. The van der Waals surface area contributed by atoms with Crippen molar-refractivity contribution in [2.24, 2.45) is 5.73 Å². The Morgan fingerprint density at radius 3 is 2.49 bits per heavy atom. The van der Waals surface area contributed by atoms with Crippen LogP contribution in [0, 0.1) is 0 Å². The Hall–Kier alpha value is -7.40. The number of nitrogens with one attached hydrogen (secondary N) is 3. The number of hydrogen-bond acceptors (Lipinski definition) is 17. The van der Waals surface area contributed by atoms with Gasteiger partial charge < -0.3 is 59.9 Å². The van der Waals surface area contributed by atoms with Crippen LogP contribution in [-0.4, -0.2) is 117 Å². The average molecular weight is 962 g/mol. The molecule has 0 spiro atoms. The number of carbonyl (C=O) groups excluding carboxylic acids is 4. The van der Waals surface area contributed by atoms with Crippen LogP contribution >= 0.6 is 0 Å². The molecule has 0 radical (unpaired) electrons. The number of ether oxygens (including phenoxy) is 3. The lowest BCUT2D eigenvalue weighted by Gasteiger charge is -2.44. The number of nitrogens with zero attached hydrogens (tertiary/aromatic N) is 3. The predicted molar refractivity (Wildman–Crippen MR) is 248 cm³/mol. The van der Waals surface area contributed by atoms with E-state index in [4.69, 9.17) is 19.9 Å². The number of amides is 1. The highest BCUT2D eigenvalue weighted by Crippen LogP contribution is 2.53. The molecule has 9 rings (SSSR count). The molecule has 4 aromatic carbocycles. The number of methoxy groups -OCH3 is 1. The number of phenols is 4. The summed E-state index contributed by atoms with van der Waals surface area (Å²) in [5, 5.41) is 75.2. The van der Waals surface area contributed by atoms with E-state index in [1.54, 1.807) is 48.0 Å². The number of fused-ring (bicyclic) bond motifs is 4. The molecular formula is C49H51N7O14. The van der Waals surface area contributed by atoms with E-state index in [9.17, 15) is 54.6 Å². The molecule has 6 unspecified atom stereocenters. The maximum absolute atomic E-state index is 14.1. The number of benzene rings is 4. The highest BCUT2D eigenvalue weighted by Gasteiger charge is 2.51. The summed E-state index contributed by atoms with van der Waals surface area (Å²) in [5.74, 6) is -3.92. The summed E-state index contributed by atoms with van der Waals surface area (Å²) in [4.78, 5) is 67.5. The maximum Gasteiger partial charge on any atom is 0.348 e. The Morgan fingerprint density at radius 1 is 1.01 bits per heavy atom. The molecule has 2 aromatic heterocycles. The number of H-pyrrole nitrogens is 1. The molecule has 0 saturated carbocycles. The number of aldehydes is 1. The van der Waals surface area contributed by atoms with Crippen LogP contribution in [0.15, 0.2) is 65.6 Å². The summed E-state index contributed by atoms with van der Waals surface area (Å²) in [6.45, 7) is 5.47. The van der Waals surface area contributed by atoms with Crippen LogP contribution in [-0.2, 0) is 32.0 Å². The van der Waals surface area contributed by atoms with Crippen LogP contribution in [0.2, 0.25) is 0 Å². The van der Waals surface area contributed by atoms with E-state index in [0.717, 1.165) is 0 Å². The van der Waals surface area contributed by atoms with Gasteiger partial charge in [-0.1, -0.05) is 26.0 Å². The molecule has 366 valence electrons. The average Bonchev–Trinajstić information content (AvgIpc) is 3.92. The van der Waals surface area contributed by atoms with Crippen LogP contribution < -0.4 is 27.0 Å². The maximum atomic E-state index is 14.1. The van der Waals surface area contributed by atoms with Crippen LogP contribution in [0.4, 0.5) is 0 Å². The number of carbonyl (C=O) groups is 4. The van der Waals surface area contributed by atoms with Gasteiger partial charge in [0.15, 0.2) is 17.9 Å². The number of aliphatic hydroxyl groups excluding tert-OH is 1. The Labute approximate surface area is 398 Å². The molecule has 6 aromatic rings. The number of phenolic OH excluding ortho intramolecular Hbond substituents is 4. The summed E-state index contributed by atoms with van der Waals surface area (Å²) >= 11 is 0. The second-order valence-electron chi connectivity index (χ2n) is 18.2. The third kappa shape index (κ3) is 8.04. The smallest absolute Gasteiger partial charge is 0.348 e. The first kappa shape index (κ1) is 47.7. The van der Waals surface area contributed by atoms with Gasteiger partial charge in [0, 0.05) is 78.1 Å². The minimum atomic E-state index is -2.20. The molecule has 11 N–H and O–H groups in total. The van der Waals surface area contributed by atoms with Crippen molar-refractivity contribution < 1.29 is 64.0 Å². The molecule has 7 atom stereocenters. The Kier molecular flexibility index (Phi) is 12.4. The summed E-state index contributed by atoms with van der Waals surface area (Å²) in [6, 6.07) is 11.7. The van der Waals surface area contributed by atoms with E-state index >= 15 is 0 Å². The number of rotatable bonds is 13. The highest BCUT2D eigenvalue weighted by molar-refractivity contribution is 6.31. The monoisotopic (exact) mass is 961 g/mol. The number of hydrogen-bond donors (Lipinski definition) is 10. The van der Waals surface area contributed by atoms with Gasteiger partial charge in [0.2, 0.25) is 11.7 Å². The van der Waals surface area contributed by atoms with Gasteiger partial charge in [-0.15, -0.1) is 0 Å². The van der Waals surface area contributed by atoms with Crippen molar-refractivity contribution in [1.29, 1.82) is 0 Å². The van der Waals surface area contributed by atoms with Crippen LogP contribution in [0.1, 0.15) is 101 Å². The Balaban J connectivity index is 0.949. The Bertz CT molecular complexity index is 3160. The van der Waals surface area contributed by atoms with Crippen molar-refractivity contribution in [3.8, 4) is 45.8 Å². The number of aliphatic hydroxyl groups is 2. The van der Waals surface area contributed by atoms with Crippen molar-refractivity contribution in [3.05, 3.63) is 110 Å². The SMILES string of the molecule is COc1cccc2c1C(=O)c1c(O)c3c(c(O)c1C2=O)C[C@@](O)(C(C=O)NNC(=O)CCn1ccc2cc(-n4c(-c5cc(C(C)C)c(O)cc5O)n[nH]c4=O)ccc21)CC3OC1CC(N)C(O)C(C)O1. The molecule has 2 aliphatic carbocycles. The third-order valence-corrected chi connectivity index (χ3v) is 13.5. The lowest BCUT2D eigenvalue weighted by Crippen LogP contribution is -2.60. The van der Waals surface area contributed by atoms with Crippen molar-refractivity contribution in [2.45, 2.75) is 101 Å². The molecule has 3 aliphatic rings. The standard InChI is InChI=1S/C49H51N7O14/c1-21(2)26-15-27(32(59)17-31(26)58)47-53-54-48(66)56(47)24-8-9-30-23(14-24)10-12-55(30)13-11-36(60)52-51-35(20-57)49(67)18-28-39(34(19-49)70-37-16-29(50)42(61)22(3)69-37)46(65)41-40(44(28)63)43(62)25-6-5-7-33(68-4)38(25)45(41)64/h5-10,12,14-15,17,20-22,29,34-35,37,42,51,58-59,61,63,65,67H,11,13,16,18-19,50H2,1-4H3,(H,52,60)(H,54,66)/t22?,29?,34?,35?,37?,42?,49-/m0/s1. The first-order valence-electron chi connectivity index (χ1n) is 22.5. The zero-order valence-corrected chi connectivity index (χ0v) is 38.3. The van der Waals surface area contributed by atoms with Crippen molar-refractivity contribution in [3.63, 3.8) is 0 Å². The number of aryl methyl sites for hydroxylation is 1. The second kappa shape index (κ2) is 18.2. The molecule has 21 nitrogen and oxygen atoms in total. The first-order valence-corrected chi connectivity index (χ1v) is 22.5. The predicted octanol–water partition coefficient (Wildman–Crippen LogP) is 2.75. The van der Waals surface area contributed by atoms with Gasteiger partial charge in [-0.3, -0.25) is 19.8 Å². The van der Waals surface area contributed by atoms with E-state index < -0.39 is 101 Å². The van der Waals surface area contributed by atoms with Crippen molar-refractivity contribution in [2.75, 3.05) is 7.11 Å². The van der Waals surface area contributed by atoms with Gasteiger partial charge in [0.1, 0.15) is 41.1 Å². The molecule has 0 bridgehead atoms. The molecule has 70 heavy (non-hydrogen) atoms. The van der Waals surface area contributed by atoms with Crippen LogP contribution in [0.5, 0.6) is 28.7 Å². The molecule has 21 heteroatoms. The van der Waals surface area contributed by atoms with Gasteiger partial charge in [0.25, 0.3) is 0 Å². The number of hydrazine groups is 1. The minimum absolute atomic E-state index is 0.0459. The van der Waals surface area contributed by atoms with E-state index in [0.29, 0.717) is 28.4 Å². The fourth-order valence-corrected chi connectivity index (χ4v) is 9.87. The lowest BCUT2D eigenvalue weighted by molar-refractivity contribution is -0.248. The van der Waals surface area contributed by atoms with Crippen molar-refractivity contribution >= 4 is 34.7 Å². The molecule has 1 saturated heterocycles. The van der Waals surface area contributed by atoms with E-state index in [-0.39, 0.29) is 76.2 Å². The third-order valence-electron chi connectivity index (χ3n) is 13.5. The quantitative estimate of drug-likeness (QED) is 0.0451. The number of aromatic amines is 1. The van der Waals surface area contributed by atoms with Gasteiger partial charge >= 0.3 is 5.69 Å². The number of nitrogens with two attached hydrogens (primary N) is 1. The van der Waals surface area contributed by atoms with Crippen molar-refractivity contribution in [1.82, 2.24) is 30.2 Å². The largest absolute Gasteiger partial charge is 0.508 e.